The second kappa shape index (κ2) is 6.40. The van der Waals surface area contributed by atoms with Gasteiger partial charge < -0.3 is 5.11 Å². The lowest BCUT2D eigenvalue weighted by molar-refractivity contribution is -0.384. The Morgan fingerprint density at radius 3 is 2.72 bits per heavy atom. The van der Waals surface area contributed by atoms with Crippen LogP contribution < -0.4 is 0 Å². The fourth-order valence-corrected chi connectivity index (χ4v) is 2.75. The number of aliphatic hydroxyl groups is 1. The van der Waals surface area contributed by atoms with Crippen molar-refractivity contribution in [3.05, 3.63) is 70.0 Å². The summed E-state index contributed by atoms with van der Waals surface area (Å²) in [5.74, 6) is -0.605. The Balaban J connectivity index is 2.03. The van der Waals surface area contributed by atoms with Crippen LogP contribution in [0.15, 0.2) is 53.9 Å². The predicted octanol–water partition coefficient (Wildman–Crippen LogP) is 2.45. The van der Waals surface area contributed by atoms with E-state index in [1.54, 1.807) is 12.1 Å². The Kier molecular flexibility index (Phi) is 4.28. The van der Waals surface area contributed by atoms with Gasteiger partial charge in [0.1, 0.15) is 0 Å². The van der Waals surface area contributed by atoms with E-state index < -0.39 is 16.6 Å². The number of aromatic nitrogens is 1. The van der Waals surface area contributed by atoms with E-state index >= 15 is 0 Å². The van der Waals surface area contributed by atoms with Gasteiger partial charge in [0.05, 0.1) is 4.92 Å². The van der Waals surface area contributed by atoms with E-state index in [0.717, 1.165) is 5.01 Å². The highest BCUT2D eigenvalue weighted by molar-refractivity contribution is 5.98. The first-order valence-corrected chi connectivity index (χ1v) is 7.74. The fourth-order valence-electron chi connectivity index (χ4n) is 2.75. The summed E-state index contributed by atoms with van der Waals surface area (Å²) < 4.78 is 0. The summed E-state index contributed by atoms with van der Waals surface area (Å²) in [6.07, 6.45) is 3.79. The molecule has 8 heteroatoms. The number of nitro groups is 1. The highest BCUT2D eigenvalue weighted by Crippen LogP contribution is 2.37. The van der Waals surface area contributed by atoms with Crippen LogP contribution in [0.3, 0.4) is 0 Å². The number of carbonyl (C=O) groups is 1. The van der Waals surface area contributed by atoms with E-state index in [4.69, 9.17) is 0 Å². The lowest BCUT2D eigenvalue weighted by Gasteiger charge is -2.31. The summed E-state index contributed by atoms with van der Waals surface area (Å²) in [6, 6.07) is 8.59. The van der Waals surface area contributed by atoms with Crippen molar-refractivity contribution in [3.63, 3.8) is 0 Å². The molecule has 0 fully saturated rings. The van der Waals surface area contributed by atoms with Crippen molar-refractivity contribution < 1.29 is 14.8 Å². The summed E-state index contributed by atoms with van der Waals surface area (Å²) in [5.41, 5.74) is -0.609. The van der Waals surface area contributed by atoms with Gasteiger partial charge in [-0.05, 0) is 24.6 Å². The first-order chi connectivity index (χ1) is 12.0. The molecule has 1 aromatic carbocycles. The zero-order chi connectivity index (χ0) is 18.0. The molecule has 1 aliphatic heterocycles. The Morgan fingerprint density at radius 1 is 1.36 bits per heavy atom. The van der Waals surface area contributed by atoms with Crippen molar-refractivity contribution in [1.82, 2.24) is 9.99 Å². The third-order valence-corrected chi connectivity index (χ3v) is 4.09. The Hall–Kier alpha value is -3.13. The Morgan fingerprint density at radius 2 is 2.08 bits per heavy atom. The van der Waals surface area contributed by atoms with Crippen molar-refractivity contribution in [2.24, 2.45) is 5.10 Å². The van der Waals surface area contributed by atoms with Crippen LogP contribution in [0.4, 0.5) is 5.69 Å². The smallest absolute Gasteiger partial charge is 0.277 e. The molecule has 3 rings (SSSR count). The SMILES string of the molecule is CCC1=NN(C(=O)c2cccc([N+](=O)[O-])c2)[C@@](O)(c2ccncc2)C1. The summed E-state index contributed by atoms with van der Waals surface area (Å²) in [5, 5.41) is 27.4. The van der Waals surface area contributed by atoms with Crippen molar-refractivity contribution in [3.8, 4) is 0 Å². The number of amides is 1. The van der Waals surface area contributed by atoms with Crippen LogP contribution >= 0.6 is 0 Å². The molecule has 2 heterocycles. The Bertz CT molecular complexity index is 853. The van der Waals surface area contributed by atoms with Gasteiger partial charge in [-0.25, -0.2) is 0 Å². The van der Waals surface area contributed by atoms with E-state index in [0.29, 0.717) is 17.7 Å². The number of hydrazone groups is 1. The molecule has 1 N–H and O–H groups in total. The van der Waals surface area contributed by atoms with Crippen LogP contribution in [-0.4, -0.2) is 31.6 Å². The largest absolute Gasteiger partial charge is 0.365 e. The lowest BCUT2D eigenvalue weighted by atomic mass is 9.97. The van der Waals surface area contributed by atoms with E-state index in [1.165, 1.54) is 36.7 Å². The predicted molar refractivity (Wildman–Crippen MR) is 89.7 cm³/mol. The molecule has 8 nitrogen and oxygen atoms in total. The number of hydrogen-bond acceptors (Lipinski definition) is 6. The zero-order valence-corrected chi connectivity index (χ0v) is 13.5. The molecule has 1 aromatic heterocycles. The van der Waals surface area contributed by atoms with Crippen LogP contribution in [0.5, 0.6) is 0 Å². The van der Waals surface area contributed by atoms with Crippen LogP contribution in [-0.2, 0) is 5.72 Å². The van der Waals surface area contributed by atoms with Gasteiger partial charge in [0.2, 0.25) is 0 Å². The lowest BCUT2D eigenvalue weighted by Crippen LogP contribution is -2.43. The van der Waals surface area contributed by atoms with Gasteiger partial charge in [-0.15, -0.1) is 0 Å². The third kappa shape index (κ3) is 2.99. The van der Waals surface area contributed by atoms with Crippen molar-refractivity contribution >= 4 is 17.3 Å². The van der Waals surface area contributed by atoms with Crippen molar-refractivity contribution in [1.29, 1.82) is 0 Å². The van der Waals surface area contributed by atoms with Crippen LogP contribution in [0.1, 0.15) is 35.7 Å². The highest BCUT2D eigenvalue weighted by Gasteiger charge is 2.45. The van der Waals surface area contributed by atoms with Crippen molar-refractivity contribution in [2.45, 2.75) is 25.5 Å². The van der Waals surface area contributed by atoms with Gasteiger partial charge in [-0.1, -0.05) is 13.0 Å². The molecular formula is C17H16N4O4. The monoisotopic (exact) mass is 340 g/mol. The number of non-ortho nitro benzene ring substituents is 1. The summed E-state index contributed by atoms with van der Waals surface area (Å²) in [4.78, 5) is 27.2. The van der Waals surface area contributed by atoms with Crippen LogP contribution in [0.2, 0.25) is 0 Å². The molecular weight excluding hydrogens is 324 g/mol. The molecule has 0 saturated carbocycles. The third-order valence-electron chi connectivity index (χ3n) is 4.09. The molecule has 0 aliphatic carbocycles. The maximum absolute atomic E-state index is 12.9. The molecule has 2 aromatic rings. The van der Waals surface area contributed by atoms with Gasteiger partial charge >= 0.3 is 0 Å². The normalized spacial score (nSPS) is 19.6. The molecule has 1 aliphatic rings. The summed E-state index contributed by atoms with van der Waals surface area (Å²) in [6.45, 7) is 1.88. The number of carbonyl (C=O) groups excluding carboxylic acids is 1. The fraction of sp³-hybridized carbons (Fsp3) is 0.235. The minimum Gasteiger partial charge on any atom is -0.365 e. The Labute approximate surface area is 143 Å². The number of hydrogen-bond donors (Lipinski definition) is 1. The average Bonchev–Trinajstić information content (AvgIpc) is 3.00. The van der Waals surface area contributed by atoms with E-state index in [2.05, 4.69) is 10.1 Å². The maximum Gasteiger partial charge on any atom is 0.277 e. The number of pyridine rings is 1. The quantitative estimate of drug-likeness (QED) is 0.679. The van der Waals surface area contributed by atoms with Gasteiger partial charge in [0, 0.05) is 47.8 Å². The number of benzene rings is 1. The zero-order valence-electron chi connectivity index (χ0n) is 13.5. The maximum atomic E-state index is 12.9. The standard InChI is InChI=1S/C17H16N4O4/c1-2-14-11-17(23,13-6-8-18-9-7-13)20(19-14)16(22)12-4-3-5-15(10-12)21(24)25/h3-10,23H,2,11H2,1H3/t17-/m0/s1. The first kappa shape index (κ1) is 16.7. The number of rotatable bonds is 4. The summed E-state index contributed by atoms with van der Waals surface area (Å²) >= 11 is 0. The molecule has 0 spiro atoms. The van der Waals surface area contributed by atoms with Gasteiger partial charge in [-0.2, -0.15) is 10.1 Å². The molecule has 0 radical (unpaired) electrons. The van der Waals surface area contributed by atoms with Crippen molar-refractivity contribution in [2.75, 3.05) is 0 Å². The van der Waals surface area contributed by atoms with E-state index in [-0.39, 0.29) is 17.7 Å². The van der Waals surface area contributed by atoms with Crippen LogP contribution in [0.25, 0.3) is 0 Å². The molecule has 0 bridgehead atoms. The second-order valence-electron chi connectivity index (χ2n) is 5.67. The van der Waals surface area contributed by atoms with Gasteiger partial charge in [0.15, 0.2) is 5.72 Å². The highest BCUT2D eigenvalue weighted by atomic mass is 16.6. The topological polar surface area (TPSA) is 109 Å². The number of nitrogens with zero attached hydrogens (tertiary/aromatic N) is 4. The minimum atomic E-state index is -1.64. The molecule has 0 unspecified atom stereocenters. The molecule has 25 heavy (non-hydrogen) atoms. The van der Waals surface area contributed by atoms with E-state index in [1.807, 2.05) is 6.92 Å². The molecule has 1 amide bonds. The van der Waals surface area contributed by atoms with Gasteiger partial charge in [0.25, 0.3) is 11.6 Å². The summed E-state index contributed by atoms with van der Waals surface area (Å²) in [7, 11) is 0. The van der Waals surface area contributed by atoms with Crippen LogP contribution in [0, 0.1) is 10.1 Å². The van der Waals surface area contributed by atoms with E-state index in [9.17, 15) is 20.0 Å². The second-order valence-corrected chi connectivity index (χ2v) is 5.67. The molecule has 0 saturated heterocycles. The average molecular weight is 340 g/mol. The minimum absolute atomic E-state index is 0.0859. The molecule has 1 atom stereocenters. The number of nitro benzene ring substituents is 1. The van der Waals surface area contributed by atoms with Gasteiger partial charge in [-0.3, -0.25) is 19.9 Å². The molecule has 128 valence electrons. The first-order valence-electron chi connectivity index (χ1n) is 7.74.